The molecule has 2 aliphatic rings. The van der Waals surface area contributed by atoms with Crippen LogP contribution in [-0.2, 0) is 6.54 Å². The van der Waals surface area contributed by atoms with Gasteiger partial charge in [-0.3, -0.25) is 10.1 Å². The van der Waals surface area contributed by atoms with Gasteiger partial charge in [-0.1, -0.05) is 29.8 Å². The predicted octanol–water partition coefficient (Wildman–Crippen LogP) is 3.24. The average Bonchev–Trinajstić information content (AvgIpc) is 3.15. The van der Waals surface area contributed by atoms with Crippen molar-refractivity contribution in [2.75, 3.05) is 13.1 Å². The summed E-state index contributed by atoms with van der Waals surface area (Å²) >= 11 is 5.85. The number of benzene rings is 1. The summed E-state index contributed by atoms with van der Waals surface area (Å²) in [5.74, 6) is -1.12. The van der Waals surface area contributed by atoms with Crippen molar-refractivity contribution >= 4 is 11.6 Å². The van der Waals surface area contributed by atoms with Crippen molar-refractivity contribution in [3.63, 3.8) is 0 Å². The highest BCUT2D eigenvalue weighted by Crippen LogP contribution is 2.44. The van der Waals surface area contributed by atoms with E-state index in [0.29, 0.717) is 36.2 Å². The van der Waals surface area contributed by atoms with Gasteiger partial charge < -0.3 is 15.5 Å². The maximum absolute atomic E-state index is 14.3. The molecular formula is C21H18ClFN6O2. The largest absolute Gasteiger partial charge is 0.384 e. The van der Waals surface area contributed by atoms with Gasteiger partial charge in [0.1, 0.15) is 22.7 Å². The summed E-state index contributed by atoms with van der Waals surface area (Å²) in [6.07, 6.45) is 1.61. The van der Waals surface area contributed by atoms with Crippen molar-refractivity contribution in [2.24, 2.45) is 5.73 Å². The molecule has 0 saturated carbocycles. The number of nitrogens with zero attached hydrogens (tertiary/aromatic N) is 5. The summed E-state index contributed by atoms with van der Waals surface area (Å²) in [4.78, 5) is 19.3. The second-order valence-corrected chi connectivity index (χ2v) is 7.71. The quantitative estimate of drug-likeness (QED) is 0.441. The molecular weight excluding hydrogens is 423 g/mol. The molecule has 158 valence electrons. The molecule has 8 nitrogen and oxygen atoms in total. The van der Waals surface area contributed by atoms with Crippen molar-refractivity contribution in [3.05, 3.63) is 97.2 Å². The summed E-state index contributed by atoms with van der Waals surface area (Å²) in [6, 6.07) is 9.81. The number of fused-ring (bicyclic) bond motifs is 1. The molecule has 0 bridgehead atoms. The number of aromatic nitrogens is 1. The molecule has 0 amide bonds. The van der Waals surface area contributed by atoms with E-state index in [1.807, 2.05) is 11.0 Å². The lowest BCUT2D eigenvalue weighted by Crippen LogP contribution is -2.37. The van der Waals surface area contributed by atoms with E-state index in [4.69, 9.17) is 17.3 Å². The van der Waals surface area contributed by atoms with Crippen molar-refractivity contribution in [3.8, 4) is 6.07 Å². The van der Waals surface area contributed by atoms with Crippen molar-refractivity contribution in [2.45, 2.75) is 19.4 Å². The summed E-state index contributed by atoms with van der Waals surface area (Å²) in [5.41, 5.74) is 7.55. The van der Waals surface area contributed by atoms with E-state index in [2.05, 4.69) is 4.98 Å². The van der Waals surface area contributed by atoms with Crippen molar-refractivity contribution in [1.82, 2.24) is 14.8 Å². The molecule has 1 saturated heterocycles. The van der Waals surface area contributed by atoms with Gasteiger partial charge in [0.2, 0.25) is 0 Å². The average molecular weight is 441 g/mol. The number of pyridine rings is 1. The SMILES string of the molecule is Cc1c(F)cccc1C1C(C#N)=C(N)N2CCN(Cc3ccc(Cl)nc3)C2=C1[N+](=O)[O-]. The summed E-state index contributed by atoms with van der Waals surface area (Å²) in [6.45, 7) is 2.73. The van der Waals surface area contributed by atoms with Gasteiger partial charge >= 0.3 is 0 Å². The number of allylic oxidation sites excluding steroid dienone is 1. The summed E-state index contributed by atoms with van der Waals surface area (Å²) < 4.78 is 14.3. The molecule has 31 heavy (non-hydrogen) atoms. The number of nitro groups is 1. The standard InChI is InChI=1S/C21H18ClFN6O2/c1-12-14(3-2-4-16(12)23)18-15(9-24)20(25)28-8-7-27(21(28)19(18)29(30)31)11-13-5-6-17(22)26-10-13/h2-6,10,18H,7-8,11,25H2,1H3. The van der Waals surface area contributed by atoms with E-state index in [0.717, 1.165) is 5.56 Å². The molecule has 0 aliphatic carbocycles. The Morgan fingerprint density at radius 2 is 2.16 bits per heavy atom. The van der Waals surface area contributed by atoms with E-state index >= 15 is 0 Å². The molecule has 4 rings (SSSR count). The Hall–Kier alpha value is -3.64. The molecule has 0 spiro atoms. The fraction of sp³-hybridized carbons (Fsp3) is 0.238. The van der Waals surface area contributed by atoms with Crippen LogP contribution in [0.3, 0.4) is 0 Å². The van der Waals surface area contributed by atoms with E-state index in [1.54, 1.807) is 29.3 Å². The van der Waals surface area contributed by atoms with Gasteiger partial charge in [-0.25, -0.2) is 9.37 Å². The minimum atomic E-state index is -1.08. The third-order valence-corrected chi connectivity index (χ3v) is 5.83. The normalized spacial score (nSPS) is 18.3. The Balaban J connectivity index is 1.88. The molecule has 1 unspecified atom stereocenters. The summed E-state index contributed by atoms with van der Waals surface area (Å²) in [7, 11) is 0. The second-order valence-electron chi connectivity index (χ2n) is 7.33. The zero-order valence-corrected chi connectivity index (χ0v) is 17.3. The number of hydrogen-bond acceptors (Lipinski definition) is 7. The lowest BCUT2D eigenvalue weighted by Gasteiger charge is -2.32. The van der Waals surface area contributed by atoms with Crippen molar-refractivity contribution in [1.29, 1.82) is 5.26 Å². The first kappa shape index (κ1) is 20.6. The minimum absolute atomic E-state index is 0.0409. The molecule has 2 N–H and O–H groups in total. The molecule has 3 heterocycles. The van der Waals surface area contributed by atoms with E-state index in [-0.39, 0.29) is 22.7 Å². The van der Waals surface area contributed by atoms with Crippen LogP contribution in [0.4, 0.5) is 4.39 Å². The molecule has 1 aromatic carbocycles. The molecule has 10 heteroatoms. The Bertz CT molecular complexity index is 1170. The molecule has 2 aliphatic heterocycles. The van der Waals surface area contributed by atoms with Crippen LogP contribution in [0.25, 0.3) is 0 Å². The van der Waals surface area contributed by atoms with Gasteiger partial charge in [-0.15, -0.1) is 0 Å². The van der Waals surface area contributed by atoms with E-state index < -0.39 is 16.7 Å². The molecule has 1 fully saturated rings. The maximum Gasteiger partial charge on any atom is 0.299 e. The zero-order chi connectivity index (χ0) is 22.3. The Labute approximate surface area is 182 Å². The van der Waals surface area contributed by atoms with Crippen LogP contribution in [-0.4, -0.2) is 32.8 Å². The molecule has 0 radical (unpaired) electrons. The van der Waals surface area contributed by atoms with E-state index in [9.17, 15) is 19.8 Å². The minimum Gasteiger partial charge on any atom is -0.384 e. The first-order valence-corrected chi connectivity index (χ1v) is 9.87. The van der Waals surface area contributed by atoms with Gasteiger partial charge in [0.25, 0.3) is 5.70 Å². The van der Waals surface area contributed by atoms with Crippen LogP contribution in [0.15, 0.2) is 59.4 Å². The smallest absolute Gasteiger partial charge is 0.299 e. The fourth-order valence-electron chi connectivity index (χ4n) is 4.12. The Morgan fingerprint density at radius 3 is 2.81 bits per heavy atom. The number of nitriles is 1. The number of hydrogen-bond donors (Lipinski definition) is 1. The maximum atomic E-state index is 14.3. The predicted molar refractivity (Wildman–Crippen MR) is 111 cm³/mol. The topological polar surface area (TPSA) is 112 Å². The number of rotatable bonds is 4. The summed E-state index contributed by atoms with van der Waals surface area (Å²) in [5, 5.41) is 22.4. The lowest BCUT2D eigenvalue weighted by molar-refractivity contribution is -0.432. The highest BCUT2D eigenvalue weighted by atomic mass is 35.5. The fourth-order valence-corrected chi connectivity index (χ4v) is 4.23. The second kappa shape index (κ2) is 7.89. The van der Waals surface area contributed by atoms with E-state index in [1.165, 1.54) is 19.1 Å². The van der Waals surface area contributed by atoms with Crippen LogP contribution >= 0.6 is 11.6 Å². The first-order valence-electron chi connectivity index (χ1n) is 9.49. The monoisotopic (exact) mass is 440 g/mol. The highest BCUT2D eigenvalue weighted by molar-refractivity contribution is 6.29. The third-order valence-electron chi connectivity index (χ3n) is 5.61. The van der Waals surface area contributed by atoms with Crippen LogP contribution < -0.4 is 5.73 Å². The molecule has 1 atom stereocenters. The van der Waals surface area contributed by atoms with Gasteiger partial charge in [0.15, 0.2) is 5.82 Å². The van der Waals surface area contributed by atoms with Crippen LogP contribution in [0.2, 0.25) is 5.15 Å². The highest BCUT2D eigenvalue weighted by Gasteiger charge is 2.47. The van der Waals surface area contributed by atoms with Gasteiger partial charge in [0, 0.05) is 25.8 Å². The molecule has 1 aromatic heterocycles. The molecule has 2 aromatic rings. The van der Waals surface area contributed by atoms with Gasteiger partial charge in [0.05, 0.1) is 16.6 Å². The third kappa shape index (κ3) is 3.45. The van der Waals surface area contributed by atoms with Crippen LogP contribution in [0.1, 0.15) is 22.6 Å². The van der Waals surface area contributed by atoms with Gasteiger partial charge in [-0.05, 0) is 35.7 Å². The van der Waals surface area contributed by atoms with Crippen LogP contribution in [0, 0.1) is 34.2 Å². The van der Waals surface area contributed by atoms with Crippen LogP contribution in [0.5, 0.6) is 0 Å². The lowest BCUT2D eigenvalue weighted by atomic mass is 9.84. The Morgan fingerprint density at radius 1 is 1.39 bits per heavy atom. The van der Waals surface area contributed by atoms with Gasteiger partial charge in [-0.2, -0.15) is 5.26 Å². The number of halogens is 2. The zero-order valence-electron chi connectivity index (χ0n) is 16.5. The Kier molecular flexibility index (Phi) is 5.25. The number of nitrogens with two attached hydrogens (primary N) is 1. The first-order chi connectivity index (χ1) is 14.8. The van der Waals surface area contributed by atoms with Crippen molar-refractivity contribution < 1.29 is 9.31 Å².